The van der Waals surface area contributed by atoms with Crippen LogP contribution in [-0.4, -0.2) is 41.2 Å². The van der Waals surface area contributed by atoms with Gasteiger partial charge in [-0.3, -0.25) is 4.79 Å². The molecule has 3 aromatic rings. The second-order valence-corrected chi connectivity index (χ2v) is 10.9. The lowest BCUT2D eigenvalue weighted by Gasteiger charge is -2.41. The van der Waals surface area contributed by atoms with Crippen LogP contribution in [0.1, 0.15) is 55.3 Å². The Balaban J connectivity index is 0.00000380. The number of nitrogens with zero attached hydrogens (tertiary/aromatic N) is 1. The average molecular weight is 514 g/mol. The van der Waals surface area contributed by atoms with Gasteiger partial charge in [0.05, 0.1) is 23.1 Å². The Bertz CT molecular complexity index is 1380. The molecule has 4 rings (SSSR count). The normalized spacial score (nSPS) is 18.7. The molecule has 0 saturated carbocycles. The van der Waals surface area contributed by atoms with Gasteiger partial charge in [0.1, 0.15) is 11.7 Å². The number of hydrogen-bond donors (Lipinski definition) is 4. The predicted octanol–water partition coefficient (Wildman–Crippen LogP) is 3.19. The van der Waals surface area contributed by atoms with Crippen molar-refractivity contribution < 1.29 is 29.6 Å². The summed E-state index contributed by atoms with van der Waals surface area (Å²) in [4.78, 5) is 17.2. The van der Waals surface area contributed by atoms with E-state index in [1.165, 1.54) is 24.4 Å². The fraction of sp³-hybridized carbons (Fsp3) is 0.308. The standard InChI is InChI=1S/C26H29N3O6S.H2/c1-4-16-8-10-20(11-9-16)36(33,34)29-22-21-13-18(14-27-25(21)35-26(2,3)23(22)31)24(32)28-19-7-5-6-17(12-19)15-30;/h5-14,22-23,29-31H,4,15H2,1-3H3,(H,28,32);1H/t22-,23+;/m1./s1. The van der Waals surface area contributed by atoms with Crippen molar-refractivity contribution in [3.05, 3.63) is 83.0 Å². The van der Waals surface area contributed by atoms with Crippen LogP contribution in [0.4, 0.5) is 5.69 Å². The van der Waals surface area contributed by atoms with E-state index in [-0.39, 0.29) is 29.9 Å². The highest BCUT2D eigenvalue weighted by Gasteiger charge is 2.45. The summed E-state index contributed by atoms with van der Waals surface area (Å²) in [5.74, 6) is -0.366. The molecule has 1 amide bonds. The van der Waals surface area contributed by atoms with Crippen molar-refractivity contribution in [3.63, 3.8) is 0 Å². The largest absolute Gasteiger partial charge is 0.469 e. The van der Waals surface area contributed by atoms with Gasteiger partial charge in [0.25, 0.3) is 5.91 Å². The number of ether oxygens (including phenoxy) is 1. The Morgan fingerprint density at radius 2 is 1.86 bits per heavy atom. The van der Waals surface area contributed by atoms with Crippen molar-refractivity contribution in [2.75, 3.05) is 5.32 Å². The number of aliphatic hydroxyl groups is 2. The van der Waals surface area contributed by atoms with Crippen LogP contribution in [0, 0.1) is 0 Å². The van der Waals surface area contributed by atoms with Crippen molar-refractivity contribution in [1.82, 2.24) is 9.71 Å². The first-order valence-corrected chi connectivity index (χ1v) is 13.0. The third-order valence-corrected chi connectivity index (χ3v) is 7.61. The minimum atomic E-state index is -4.02. The van der Waals surface area contributed by atoms with E-state index in [0.29, 0.717) is 11.3 Å². The van der Waals surface area contributed by atoms with E-state index < -0.39 is 33.7 Å². The Hall–Kier alpha value is -3.31. The summed E-state index contributed by atoms with van der Waals surface area (Å²) in [5.41, 5.74) is 1.36. The Morgan fingerprint density at radius 1 is 1.14 bits per heavy atom. The summed E-state index contributed by atoms with van der Waals surface area (Å²) >= 11 is 0. The van der Waals surface area contributed by atoms with Crippen LogP contribution in [0.2, 0.25) is 0 Å². The smallest absolute Gasteiger partial charge is 0.257 e. The molecule has 1 aliphatic rings. The molecule has 2 heterocycles. The topological polar surface area (TPSA) is 138 Å². The minimum absolute atomic E-state index is 0. The maximum absolute atomic E-state index is 13.2. The summed E-state index contributed by atoms with van der Waals surface area (Å²) in [7, 11) is -4.02. The van der Waals surface area contributed by atoms with Crippen molar-refractivity contribution in [3.8, 4) is 5.88 Å². The molecule has 36 heavy (non-hydrogen) atoms. The molecule has 0 spiro atoms. The zero-order chi connectivity index (χ0) is 26.1. The second kappa shape index (κ2) is 9.98. The molecule has 0 fully saturated rings. The van der Waals surface area contributed by atoms with Crippen LogP contribution >= 0.6 is 0 Å². The first-order chi connectivity index (χ1) is 17.0. The van der Waals surface area contributed by atoms with E-state index in [0.717, 1.165) is 12.0 Å². The summed E-state index contributed by atoms with van der Waals surface area (Å²) in [5, 5.41) is 23.1. The number of sulfonamides is 1. The number of pyridine rings is 1. The molecule has 1 aromatic heterocycles. The molecule has 2 atom stereocenters. The molecule has 0 radical (unpaired) electrons. The van der Waals surface area contributed by atoms with E-state index >= 15 is 0 Å². The SMILES string of the molecule is CCc1ccc(S(=O)(=O)N[C@@H]2c3cc(C(=O)Nc4cccc(CO)c4)cnc3OC(C)(C)[C@H]2O)cc1.[HH]. The van der Waals surface area contributed by atoms with Crippen molar-refractivity contribution >= 4 is 21.6 Å². The van der Waals surface area contributed by atoms with Crippen LogP contribution in [0.3, 0.4) is 0 Å². The lowest BCUT2D eigenvalue weighted by molar-refractivity contribution is -0.0632. The van der Waals surface area contributed by atoms with Gasteiger partial charge in [0.15, 0.2) is 0 Å². The zero-order valence-corrected chi connectivity index (χ0v) is 21.0. The van der Waals surface area contributed by atoms with Crippen LogP contribution in [0.5, 0.6) is 5.88 Å². The third-order valence-electron chi connectivity index (χ3n) is 6.16. The highest BCUT2D eigenvalue weighted by molar-refractivity contribution is 7.89. The first kappa shape index (κ1) is 25.8. The van der Waals surface area contributed by atoms with Crippen LogP contribution in [0.25, 0.3) is 0 Å². The van der Waals surface area contributed by atoms with Gasteiger partial charge in [-0.2, -0.15) is 0 Å². The summed E-state index contributed by atoms with van der Waals surface area (Å²) in [6, 6.07) is 13.6. The van der Waals surface area contributed by atoms with E-state index in [1.54, 1.807) is 50.2 Å². The average Bonchev–Trinajstić information content (AvgIpc) is 2.86. The molecule has 0 bridgehead atoms. The predicted molar refractivity (Wildman–Crippen MR) is 136 cm³/mol. The van der Waals surface area contributed by atoms with Gasteiger partial charge in [-0.05, 0) is 61.7 Å². The van der Waals surface area contributed by atoms with Gasteiger partial charge >= 0.3 is 0 Å². The minimum Gasteiger partial charge on any atom is -0.469 e. The van der Waals surface area contributed by atoms with Gasteiger partial charge in [-0.25, -0.2) is 18.1 Å². The first-order valence-electron chi connectivity index (χ1n) is 11.5. The lowest BCUT2D eigenvalue weighted by atomic mass is 9.88. The van der Waals surface area contributed by atoms with Gasteiger partial charge in [0, 0.05) is 18.9 Å². The monoisotopic (exact) mass is 513 g/mol. The van der Waals surface area contributed by atoms with Crippen molar-refractivity contribution in [2.24, 2.45) is 0 Å². The highest BCUT2D eigenvalue weighted by Crippen LogP contribution is 2.39. The number of hydrogen-bond acceptors (Lipinski definition) is 7. The fourth-order valence-corrected chi connectivity index (χ4v) is 5.22. The van der Waals surface area contributed by atoms with Crippen LogP contribution < -0.4 is 14.8 Å². The van der Waals surface area contributed by atoms with E-state index in [4.69, 9.17) is 4.74 Å². The second-order valence-electron chi connectivity index (χ2n) is 9.18. The molecular weight excluding hydrogens is 482 g/mol. The number of aryl methyl sites for hydroxylation is 1. The van der Waals surface area contributed by atoms with E-state index in [9.17, 15) is 23.4 Å². The van der Waals surface area contributed by atoms with Crippen LogP contribution in [-0.2, 0) is 23.1 Å². The number of anilines is 1. The quantitative estimate of drug-likeness (QED) is 0.381. The lowest BCUT2D eigenvalue weighted by Crippen LogP contribution is -2.53. The van der Waals surface area contributed by atoms with Gasteiger partial charge in [-0.15, -0.1) is 0 Å². The van der Waals surface area contributed by atoms with Gasteiger partial charge < -0.3 is 20.3 Å². The number of aromatic nitrogens is 1. The van der Waals surface area contributed by atoms with Crippen molar-refractivity contribution in [1.29, 1.82) is 0 Å². The summed E-state index contributed by atoms with van der Waals surface area (Å²) < 4.78 is 34.8. The Labute approximate surface area is 211 Å². The molecule has 0 aliphatic carbocycles. The molecule has 10 heteroatoms. The molecule has 0 saturated heterocycles. The number of rotatable bonds is 7. The molecular formula is C26H31N3O6S. The maximum atomic E-state index is 13.2. The summed E-state index contributed by atoms with van der Waals surface area (Å²) in [6.45, 7) is 5.07. The number of aliphatic hydroxyl groups excluding tert-OH is 2. The molecule has 4 N–H and O–H groups in total. The third kappa shape index (κ3) is 5.26. The zero-order valence-electron chi connectivity index (χ0n) is 20.2. The molecule has 0 unspecified atom stereocenters. The summed E-state index contributed by atoms with van der Waals surface area (Å²) in [6.07, 6.45) is 0.831. The van der Waals surface area contributed by atoms with Gasteiger partial charge in [0.2, 0.25) is 15.9 Å². The molecule has 192 valence electrons. The highest BCUT2D eigenvalue weighted by atomic mass is 32.2. The van der Waals surface area contributed by atoms with E-state index in [1.807, 2.05) is 6.92 Å². The van der Waals surface area contributed by atoms with Gasteiger partial charge in [-0.1, -0.05) is 31.2 Å². The number of fused-ring (bicyclic) bond motifs is 1. The Kier molecular flexibility index (Phi) is 7.14. The fourth-order valence-electron chi connectivity index (χ4n) is 4.00. The van der Waals surface area contributed by atoms with E-state index in [2.05, 4.69) is 15.0 Å². The number of amides is 1. The number of benzene rings is 2. The molecule has 1 aliphatic heterocycles. The van der Waals surface area contributed by atoms with Crippen molar-refractivity contribution in [2.45, 2.75) is 56.4 Å². The number of carbonyl (C=O) groups is 1. The molecule has 9 nitrogen and oxygen atoms in total. The Morgan fingerprint density at radius 3 is 2.53 bits per heavy atom. The molecule has 2 aromatic carbocycles. The number of nitrogens with one attached hydrogen (secondary N) is 2. The van der Waals surface area contributed by atoms with Crippen LogP contribution in [0.15, 0.2) is 65.7 Å². The maximum Gasteiger partial charge on any atom is 0.257 e. The number of carbonyl (C=O) groups excluding carboxylic acids is 1.